The first-order valence-corrected chi connectivity index (χ1v) is 27.1. The van der Waals surface area contributed by atoms with Crippen molar-refractivity contribution < 1.29 is 52.7 Å². The molecule has 20 heteroatoms. The normalized spacial score (nSPS) is 12.3. The minimum Gasteiger partial charge on any atom is -0.309 e. The molecule has 0 aliphatic carbocycles. The number of pyridine rings is 1. The number of halogens is 12. The van der Waals surface area contributed by atoms with Crippen LogP contribution in [-0.4, -0.2) is 39.5 Å². The van der Waals surface area contributed by atoms with Crippen molar-refractivity contribution in [2.24, 2.45) is 0 Å². The third-order valence-corrected chi connectivity index (χ3v) is 14.8. The predicted octanol–water partition coefficient (Wildman–Crippen LogP) is 19.6. The molecule has 0 aliphatic heterocycles. The van der Waals surface area contributed by atoms with Gasteiger partial charge in [-0.15, -0.1) is 0 Å². The molecule has 0 amide bonds. The first-order valence-electron chi connectivity index (χ1n) is 27.1. The molecule has 0 radical (unpaired) electrons. The standard InChI is InChI=1S/C69H38F12N8/c70-66(71,72)48-30-46(31-49(37-48)67(73,74)75)43-23-26-56-53(34-43)54-35-44(47-32-50(68(76,77)78)38-51(33-47)69(79,80)81)24-27-57(54)89(56)58-28-25-45(64-85-60(39-14-5-1-6-15-39)83-61(86-64)40-16-7-2-8-17-40)36-55(58)59-52(22-13-29-82-59)65-87-62(41-18-9-3-10-19-41)84-63(88-65)42-20-11-4-12-21-42/h1-38H. The molecule has 13 rings (SSSR count). The lowest BCUT2D eigenvalue weighted by Gasteiger charge is -2.18. The van der Waals surface area contributed by atoms with Crippen LogP contribution < -0.4 is 0 Å². The highest BCUT2D eigenvalue weighted by Crippen LogP contribution is 2.46. The summed E-state index contributed by atoms with van der Waals surface area (Å²) in [6.45, 7) is 0. The summed E-state index contributed by atoms with van der Waals surface area (Å²) in [4.78, 5) is 34.8. The van der Waals surface area contributed by atoms with E-state index >= 15 is 0 Å². The third kappa shape index (κ3) is 11.4. The zero-order valence-corrected chi connectivity index (χ0v) is 45.6. The molecule has 0 atom stereocenters. The lowest BCUT2D eigenvalue weighted by molar-refractivity contribution is -0.144. The molecule has 0 saturated heterocycles. The number of hydrogen-bond donors (Lipinski definition) is 0. The molecule has 9 aromatic carbocycles. The molecule has 438 valence electrons. The largest absolute Gasteiger partial charge is 0.416 e. The summed E-state index contributed by atoms with van der Waals surface area (Å²) in [7, 11) is 0. The first-order chi connectivity index (χ1) is 42.6. The molecule has 0 bridgehead atoms. The number of aromatic nitrogens is 8. The highest BCUT2D eigenvalue weighted by Gasteiger charge is 2.39. The van der Waals surface area contributed by atoms with Gasteiger partial charge >= 0.3 is 24.7 Å². The Hall–Kier alpha value is -10.9. The molecule has 4 aromatic heterocycles. The first kappa shape index (κ1) is 57.2. The van der Waals surface area contributed by atoms with Crippen LogP contribution in [0.3, 0.4) is 0 Å². The van der Waals surface area contributed by atoms with Crippen molar-refractivity contribution in [1.82, 2.24) is 39.5 Å². The van der Waals surface area contributed by atoms with Crippen LogP contribution in [-0.2, 0) is 24.7 Å². The fourth-order valence-corrected chi connectivity index (χ4v) is 10.6. The van der Waals surface area contributed by atoms with Gasteiger partial charge in [0.15, 0.2) is 34.9 Å². The van der Waals surface area contributed by atoms with Crippen LogP contribution in [0.2, 0.25) is 0 Å². The van der Waals surface area contributed by atoms with Crippen molar-refractivity contribution in [3.63, 3.8) is 0 Å². The third-order valence-electron chi connectivity index (χ3n) is 14.8. The molecule has 13 aromatic rings. The summed E-state index contributed by atoms with van der Waals surface area (Å²) in [5, 5.41) is 0.249. The van der Waals surface area contributed by atoms with Crippen LogP contribution in [0.4, 0.5) is 52.7 Å². The lowest BCUT2D eigenvalue weighted by atomic mass is 9.96. The molecular weight excluding hydrogens is 1170 g/mol. The second-order valence-electron chi connectivity index (χ2n) is 20.6. The molecule has 0 fully saturated rings. The maximum Gasteiger partial charge on any atom is 0.416 e. The van der Waals surface area contributed by atoms with Crippen LogP contribution in [0.15, 0.2) is 231 Å². The van der Waals surface area contributed by atoms with Crippen molar-refractivity contribution in [2.75, 3.05) is 0 Å². The van der Waals surface area contributed by atoms with E-state index in [1.807, 2.05) is 121 Å². The Kier molecular flexibility index (Phi) is 14.2. The SMILES string of the molecule is FC(F)(F)c1cc(-c2ccc3c(c2)c2cc(-c4cc(C(F)(F)F)cc(C(F)(F)F)c4)ccc2n3-c2ccc(-c3nc(-c4ccccc4)nc(-c4ccccc4)n3)cc2-c2ncccc2-c2nc(-c3ccccc3)nc(-c3ccccc3)n2)cc(C(F)(F)F)c1. The molecule has 4 heterocycles. The summed E-state index contributed by atoms with van der Waals surface area (Å²) in [5.41, 5.74) is -2.84. The van der Waals surface area contributed by atoms with Gasteiger partial charge in [0.1, 0.15) is 0 Å². The van der Waals surface area contributed by atoms with Crippen molar-refractivity contribution in [1.29, 1.82) is 0 Å². The van der Waals surface area contributed by atoms with Crippen LogP contribution in [0.25, 0.3) is 129 Å². The second kappa shape index (κ2) is 22.1. The smallest absolute Gasteiger partial charge is 0.309 e. The van der Waals surface area contributed by atoms with E-state index < -0.39 is 58.1 Å². The molecular formula is C69H38F12N8. The number of nitrogens with zero attached hydrogens (tertiary/aromatic N) is 8. The number of rotatable bonds is 10. The second-order valence-corrected chi connectivity index (χ2v) is 20.6. The number of alkyl halides is 12. The Balaban J connectivity index is 1.11. The van der Waals surface area contributed by atoms with Gasteiger partial charge in [0.2, 0.25) is 0 Å². The summed E-state index contributed by atoms with van der Waals surface area (Å²) < 4.78 is 175. The number of fused-ring (bicyclic) bond motifs is 3. The van der Waals surface area contributed by atoms with E-state index in [1.165, 1.54) is 42.6 Å². The molecule has 0 spiro atoms. The van der Waals surface area contributed by atoms with Crippen LogP contribution >= 0.6 is 0 Å². The Morgan fingerprint density at radius 1 is 0.258 bits per heavy atom. The van der Waals surface area contributed by atoms with Gasteiger partial charge < -0.3 is 4.57 Å². The molecule has 0 N–H and O–H groups in total. The molecule has 0 aliphatic rings. The Labute approximate surface area is 497 Å². The topological polar surface area (TPSA) is 95.2 Å². The van der Waals surface area contributed by atoms with E-state index in [1.54, 1.807) is 34.9 Å². The summed E-state index contributed by atoms with van der Waals surface area (Å²) >= 11 is 0. The zero-order chi connectivity index (χ0) is 62.0. The fourth-order valence-electron chi connectivity index (χ4n) is 10.6. The summed E-state index contributed by atoms with van der Waals surface area (Å²) in [6, 6.07) is 55.8. The average molecular weight is 1210 g/mol. The van der Waals surface area contributed by atoms with E-state index in [4.69, 9.17) is 34.9 Å². The van der Waals surface area contributed by atoms with E-state index in [2.05, 4.69) is 0 Å². The number of hydrogen-bond acceptors (Lipinski definition) is 7. The van der Waals surface area contributed by atoms with E-state index in [9.17, 15) is 52.7 Å². The van der Waals surface area contributed by atoms with Crippen molar-refractivity contribution in [2.45, 2.75) is 24.7 Å². The highest BCUT2D eigenvalue weighted by molar-refractivity contribution is 6.12. The summed E-state index contributed by atoms with van der Waals surface area (Å²) in [5.74, 6) is 1.65. The van der Waals surface area contributed by atoms with Crippen molar-refractivity contribution in [3.8, 4) is 108 Å². The predicted molar refractivity (Wildman–Crippen MR) is 314 cm³/mol. The fraction of sp³-hybridized carbons (Fsp3) is 0.0580. The summed E-state index contributed by atoms with van der Waals surface area (Å²) in [6.07, 6.45) is -19.4. The molecule has 0 unspecified atom stereocenters. The highest BCUT2D eigenvalue weighted by atomic mass is 19.4. The van der Waals surface area contributed by atoms with Gasteiger partial charge in [-0.1, -0.05) is 133 Å². The Morgan fingerprint density at radius 3 is 0.955 bits per heavy atom. The van der Waals surface area contributed by atoms with E-state index in [-0.39, 0.29) is 62.4 Å². The Bertz CT molecular complexity index is 4530. The van der Waals surface area contributed by atoms with Gasteiger partial charge in [0.05, 0.1) is 44.7 Å². The minimum absolute atomic E-state index is 0.00852. The van der Waals surface area contributed by atoms with E-state index in [0.29, 0.717) is 92.2 Å². The van der Waals surface area contributed by atoms with Gasteiger partial charge in [-0.05, 0) is 113 Å². The van der Waals surface area contributed by atoms with Crippen LogP contribution in [0.1, 0.15) is 22.3 Å². The maximum absolute atomic E-state index is 14.4. The van der Waals surface area contributed by atoms with Crippen molar-refractivity contribution >= 4 is 21.8 Å². The van der Waals surface area contributed by atoms with Crippen LogP contribution in [0, 0.1) is 0 Å². The molecule has 0 saturated carbocycles. The maximum atomic E-state index is 14.4. The lowest BCUT2D eigenvalue weighted by Crippen LogP contribution is -2.11. The van der Waals surface area contributed by atoms with Crippen LogP contribution in [0.5, 0.6) is 0 Å². The van der Waals surface area contributed by atoms with Crippen molar-refractivity contribution in [3.05, 3.63) is 253 Å². The minimum atomic E-state index is -5.22. The van der Waals surface area contributed by atoms with Gasteiger partial charge in [-0.2, -0.15) is 52.7 Å². The molecule has 8 nitrogen and oxygen atoms in total. The van der Waals surface area contributed by atoms with Gasteiger partial charge in [-0.25, -0.2) is 29.9 Å². The van der Waals surface area contributed by atoms with E-state index in [0.717, 1.165) is 0 Å². The monoisotopic (exact) mass is 1210 g/mol. The Morgan fingerprint density at radius 2 is 0.596 bits per heavy atom. The number of benzene rings is 9. The van der Waals surface area contributed by atoms with Gasteiger partial charge in [0.25, 0.3) is 0 Å². The zero-order valence-electron chi connectivity index (χ0n) is 45.6. The van der Waals surface area contributed by atoms with Gasteiger partial charge in [0, 0.05) is 55.9 Å². The average Bonchev–Trinajstić information content (AvgIpc) is 2.46. The van der Waals surface area contributed by atoms with Gasteiger partial charge in [-0.3, -0.25) is 4.98 Å². The quantitative estimate of drug-likeness (QED) is 0.126. The molecule has 89 heavy (non-hydrogen) atoms.